The summed E-state index contributed by atoms with van der Waals surface area (Å²) in [6.45, 7) is 1.23. The lowest BCUT2D eigenvalue weighted by molar-refractivity contribution is -0.126. The lowest BCUT2D eigenvalue weighted by atomic mass is 10.0. The molecule has 0 atom stereocenters. The third kappa shape index (κ3) is 5.77. The molecule has 0 unspecified atom stereocenters. The second-order valence-electron chi connectivity index (χ2n) is 8.61. The molecule has 3 aromatic carbocycles. The molecule has 1 aliphatic rings. The van der Waals surface area contributed by atoms with Crippen molar-refractivity contribution in [3.63, 3.8) is 0 Å². The Morgan fingerprint density at radius 1 is 0.711 bits per heavy atom. The van der Waals surface area contributed by atoms with Gasteiger partial charge in [-0.25, -0.2) is 8.78 Å². The third-order valence-corrected chi connectivity index (χ3v) is 6.33. The maximum Gasteiger partial charge on any atom is 0.254 e. The molecule has 0 aromatic heterocycles. The maximum absolute atomic E-state index is 13.6. The van der Waals surface area contributed by atoms with Crippen LogP contribution >= 0.6 is 0 Å². The van der Waals surface area contributed by atoms with E-state index in [1.807, 2.05) is 0 Å². The van der Waals surface area contributed by atoms with Gasteiger partial charge in [0.25, 0.3) is 11.8 Å². The molecule has 3 aromatic rings. The Hall–Kier alpha value is -4.40. The first-order valence-electron chi connectivity index (χ1n) is 12.0. The van der Waals surface area contributed by atoms with E-state index in [4.69, 9.17) is 14.2 Å². The Labute approximate surface area is 219 Å². The largest absolute Gasteiger partial charge is 0.493 e. The Balaban J connectivity index is 1.53. The number of amides is 2. The molecule has 9 heteroatoms. The maximum atomic E-state index is 13.6. The monoisotopic (exact) mass is 522 g/mol. The van der Waals surface area contributed by atoms with Gasteiger partial charge in [-0.2, -0.15) is 0 Å². The van der Waals surface area contributed by atoms with Crippen LogP contribution in [0.1, 0.15) is 21.5 Å². The smallest absolute Gasteiger partial charge is 0.254 e. The zero-order chi connectivity index (χ0) is 27.2. The second kappa shape index (κ2) is 11.8. The summed E-state index contributed by atoms with van der Waals surface area (Å²) in [6.07, 6.45) is 1.66. The van der Waals surface area contributed by atoms with E-state index in [0.717, 1.165) is 0 Å². The van der Waals surface area contributed by atoms with Gasteiger partial charge in [0.1, 0.15) is 11.6 Å². The summed E-state index contributed by atoms with van der Waals surface area (Å²) < 4.78 is 43.0. The van der Waals surface area contributed by atoms with E-state index in [1.165, 1.54) is 57.7 Å². The quantitative estimate of drug-likeness (QED) is 0.337. The first kappa shape index (κ1) is 26.7. The molecule has 7 nitrogen and oxygen atoms in total. The minimum absolute atomic E-state index is 0.225. The van der Waals surface area contributed by atoms with Gasteiger partial charge < -0.3 is 24.0 Å². The number of hydrogen-bond acceptors (Lipinski definition) is 5. The van der Waals surface area contributed by atoms with Crippen LogP contribution in [0.2, 0.25) is 0 Å². The molecule has 198 valence electrons. The number of rotatable bonds is 7. The highest BCUT2D eigenvalue weighted by atomic mass is 19.1. The van der Waals surface area contributed by atoms with Crippen molar-refractivity contribution < 1.29 is 32.6 Å². The van der Waals surface area contributed by atoms with Crippen LogP contribution in [-0.2, 0) is 4.79 Å². The van der Waals surface area contributed by atoms with Gasteiger partial charge in [-0.1, -0.05) is 24.3 Å². The molecular formula is C29H28F2N2O5. The van der Waals surface area contributed by atoms with Gasteiger partial charge in [0.2, 0.25) is 5.75 Å². The summed E-state index contributed by atoms with van der Waals surface area (Å²) in [5.74, 6) is -0.148. The van der Waals surface area contributed by atoms with Crippen LogP contribution in [0.15, 0.2) is 60.7 Å². The lowest BCUT2D eigenvalue weighted by Gasteiger charge is -2.35. The second-order valence-corrected chi connectivity index (χ2v) is 8.61. The molecule has 1 heterocycles. The standard InChI is InChI=1S/C29H28F2N2O5/c1-36-25-17-21(18-26(37-2)27(25)38-3)28(34)32-12-14-33(15-13-32)29(35)24(20-6-10-23(31)11-7-20)16-19-4-8-22(30)9-5-19/h4-11,16-18H,12-15H2,1-3H3/b24-16-. The molecule has 0 spiro atoms. The third-order valence-electron chi connectivity index (χ3n) is 6.33. The van der Waals surface area contributed by atoms with Crippen LogP contribution in [0.25, 0.3) is 11.6 Å². The van der Waals surface area contributed by atoms with Crippen molar-refractivity contribution in [3.8, 4) is 17.2 Å². The van der Waals surface area contributed by atoms with Gasteiger partial charge in [0, 0.05) is 37.3 Å². The van der Waals surface area contributed by atoms with E-state index in [1.54, 1.807) is 40.1 Å². The molecule has 4 rings (SSSR count). The number of piperazine rings is 1. The number of methoxy groups -OCH3 is 3. The molecule has 2 amide bonds. The van der Waals surface area contributed by atoms with Crippen molar-refractivity contribution in [1.82, 2.24) is 9.80 Å². The van der Waals surface area contributed by atoms with Crippen LogP contribution in [-0.4, -0.2) is 69.1 Å². The highest BCUT2D eigenvalue weighted by molar-refractivity contribution is 6.24. The predicted octanol–water partition coefficient (Wildman–Crippen LogP) is 4.52. The number of benzene rings is 3. The van der Waals surface area contributed by atoms with Crippen molar-refractivity contribution in [3.05, 3.63) is 89.0 Å². The topological polar surface area (TPSA) is 68.3 Å². The number of hydrogen-bond donors (Lipinski definition) is 0. The zero-order valence-electron chi connectivity index (χ0n) is 21.4. The molecule has 0 aliphatic carbocycles. The fourth-order valence-electron chi connectivity index (χ4n) is 4.29. The number of ether oxygens (including phenoxy) is 3. The zero-order valence-corrected chi connectivity index (χ0v) is 21.4. The van der Waals surface area contributed by atoms with Crippen LogP contribution < -0.4 is 14.2 Å². The number of halogens is 2. The van der Waals surface area contributed by atoms with Gasteiger partial charge in [-0.05, 0) is 53.6 Å². The van der Waals surface area contributed by atoms with E-state index < -0.39 is 5.82 Å². The van der Waals surface area contributed by atoms with Crippen molar-refractivity contribution in [2.45, 2.75) is 0 Å². The highest BCUT2D eigenvalue weighted by Crippen LogP contribution is 2.38. The molecule has 38 heavy (non-hydrogen) atoms. The van der Waals surface area contributed by atoms with E-state index in [2.05, 4.69) is 0 Å². The predicted molar refractivity (Wildman–Crippen MR) is 139 cm³/mol. The molecule has 1 saturated heterocycles. The summed E-state index contributed by atoms with van der Waals surface area (Å²) >= 11 is 0. The van der Waals surface area contributed by atoms with E-state index in [-0.39, 0.29) is 17.6 Å². The summed E-state index contributed by atoms with van der Waals surface area (Å²) in [7, 11) is 4.45. The number of carbonyl (C=O) groups excluding carboxylic acids is 2. The first-order chi connectivity index (χ1) is 18.3. The van der Waals surface area contributed by atoms with E-state index in [0.29, 0.717) is 65.7 Å². The van der Waals surface area contributed by atoms with Gasteiger partial charge >= 0.3 is 0 Å². The fraction of sp³-hybridized carbons (Fsp3) is 0.241. The van der Waals surface area contributed by atoms with Crippen LogP contribution in [0.3, 0.4) is 0 Å². The molecule has 1 fully saturated rings. The average Bonchev–Trinajstić information content (AvgIpc) is 2.96. The SMILES string of the molecule is COc1cc(C(=O)N2CCN(C(=O)/C(=C\c3ccc(F)cc3)c3ccc(F)cc3)CC2)cc(OC)c1OC. The molecule has 0 saturated carbocycles. The highest BCUT2D eigenvalue weighted by Gasteiger charge is 2.28. The Kier molecular flexibility index (Phi) is 8.25. The molecule has 0 bridgehead atoms. The Morgan fingerprint density at radius 3 is 1.71 bits per heavy atom. The fourth-order valence-corrected chi connectivity index (χ4v) is 4.29. The van der Waals surface area contributed by atoms with Crippen LogP contribution in [0.4, 0.5) is 8.78 Å². The summed E-state index contributed by atoms with van der Waals surface area (Å²) in [4.78, 5) is 30.1. The number of carbonyl (C=O) groups is 2. The summed E-state index contributed by atoms with van der Waals surface area (Å²) in [5.41, 5.74) is 1.90. The average molecular weight is 523 g/mol. The van der Waals surface area contributed by atoms with Gasteiger partial charge in [-0.15, -0.1) is 0 Å². The van der Waals surface area contributed by atoms with Crippen molar-refractivity contribution in [2.24, 2.45) is 0 Å². The van der Waals surface area contributed by atoms with E-state index in [9.17, 15) is 18.4 Å². The molecular weight excluding hydrogens is 494 g/mol. The van der Waals surface area contributed by atoms with Crippen LogP contribution in [0.5, 0.6) is 17.2 Å². The first-order valence-corrected chi connectivity index (χ1v) is 12.0. The van der Waals surface area contributed by atoms with Crippen molar-refractivity contribution in [1.29, 1.82) is 0 Å². The van der Waals surface area contributed by atoms with Crippen molar-refractivity contribution in [2.75, 3.05) is 47.5 Å². The molecule has 0 N–H and O–H groups in total. The molecule has 1 aliphatic heterocycles. The van der Waals surface area contributed by atoms with E-state index >= 15 is 0 Å². The summed E-state index contributed by atoms with van der Waals surface area (Å²) in [6, 6.07) is 14.6. The molecule has 0 radical (unpaired) electrons. The number of nitrogens with zero attached hydrogens (tertiary/aromatic N) is 2. The van der Waals surface area contributed by atoms with Crippen LogP contribution in [0, 0.1) is 11.6 Å². The lowest BCUT2D eigenvalue weighted by Crippen LogP contribution is -2.50. The minimum atomic E-state index is -0.416. The van der Waals surface area contributed by atoms with Crippen molar-refractivity contribution >= 4 is 23.5 Å². The summed E-state index contributed by atoms with van der Waals surface area (Å²) in [5, 5.41) is 0. The van der Waals surface area contributed by atoms with Gasteiger partial charge in [-0.3, -0.25) is 9.59 Å². The Morgan fingerprint density at radius 2 is 1.21 bits per heavy atom. The minimum Gasteiger partial charge on any atom is -0.493 e. The van der Waals surface area contributed by atoms with Gasteiger partial charge in [0.15, 0.2) is 11.5 Å². The van der Waals surface area contributed by atoms with Gasteiger partial charge in [0.05, 0.1) is 21.3 Å². The normalized spacial score (nSPS) is 13.8. The Bertz CT molecular complexity index is 1310.